The predicted molar refractivity (Wildman–Crippen MR) is 105 cm³/mol. The molecule has 0 aromatic heterocycles. The number of nitrogens with one attached hydrogen (secondary N) is 2. The Bertz CT molecular complexity index is 721. The van der Waals surface area contributed by atoms with E-state index in [2.05, 4.69) is 24.4 Å². The lowest BCUT2D eigenvalue weighted by molar-refractivity contribution is -0.940. The Morgan fingerprint density at radius 3 is 2.48 bits per heavy atom. The van der Waals surface area contributed by atoms with Gasteiger partial charge in [0.15, 0.2) is 0 Å². The first kappa shape index (κ1) is 19.9. The van der Waals surface area contributed by atoms with E-state index in [4.69, 9.17) is 4.74 Å². The number of quaternary nitrogens is 1. The molecule has 2 aromatic rings. The predicted octanol–water partition coefficient (Wildman–Crippen LogP) is 2.08. The fourth-order valence-corrected chi connectivity index (χ4v) is 4.25. The number of ether oxygens (including phenoxy) is 1. The first-order valence-electron chi connectivity index (χ1n) is 9.28. The maximum absolute atomic E-state index is 13.0. The molecule has 0 unspecified atom stereocenters. The third-order valence-corrected chi connectivity index (χ3v) is 5.82. The molecule has 2 atom stereocenters. The average Bonchev–Trinajstić information content (AvgIpc) is 2.69. The van der Waals surface area contributed by atoms with E-state index in [0.29, 0.717) is 5.75 Å². The van der Waals surface area contributed by atoms with Crippen LogP contribution in [0.25, 0.3) is 0 Å². The molecule has 4 nitrogen and oxygen atoms in total. The average molecular weight is 390 g/mol. The van der Waals surface area contributed by atoms with Crippen molar-refractivity contribution in [1.82, 2.24) is 5.32 Å². The molecule has 1 aliphatic heterocycles. The number of amides is 1. The summed E-state index contributed by atoms with van der Waals surface area (Å²) in [6.45, 7) is 5.44. The summed E-state index contributed by atoms with van der Waals surface area (Å²) >= 11 is 1.42. The summed E-state index contributed by atoms with van der Waals surface area (Å²) in [5.41, 5.74) is 1.23. The van der Waals surface area contributed by atoms with E-state index >= 15 is 0 Å². The molecule has 0 aliphatic carbocycles. The SMILES string of the molecule is C[C@H](NC(=O)CSc1ccc(F)cc1)[C@@H](c1ccccc1)[NH+]1CCOCC1. The number of carbonyl (C=O) groups is 1. The van der Waals surface area contributed by atoms with Gasteiger partial charge < -0.3 is 15.0 Å². The van der Waals surface area contributed by atoms with Gasteiger partial charge in [0.2, 0.25) is 5.91 Å². The molecule has 1 aliphatic rings. The normalized spacial score (nSPS) is 17.3. The molecular formula is C21H26FN2O2S+. The summed E-state index contributed by atoms with van der Waals surface area (Å²) in [6, 6.07) is 16.8. The number of hydrogen-bond donors (Lipinski definition) is 2. The zero-order chi connectivity index (χ0) is 19.1. The van der Waals surface area contributed by atoms with Crippen molar-refractivity contribution in [3.05, 3.63) is 66.0 Å². The molecule has 2 N–H and O–H groups in total. The Labute approximate surface area is 164 Å². The van der Waals surface area contributed by atoms with Crippen molar-refractivity contribution in [2.24, 2.45) is 0 Å². The van der Waals surface area contributed by atoms with E-state index in [1.165, 1.54) is 34.4 Å². The van der Waals surface area contributed by atoms with E-state index < -0.39 is 0 Å². The molecule has 0 saturated carbocycles. The molecule has 6 heteroatoms. The van der Waals surface area contributed by atoms with Crippen LogP contribution >= 0.6 is 11.8 Å². The first-order chi connectivity index (χ1) is 13.1. The van der Waals surface area contributed by atoms with Crippen molar-refractivity contribution >= 4 is 17.7 Å². The van der Waals surface area contributed by atoms with Crippen LogP contribution in [-0.4, -0.2) is 44.0 Å². The van der Waals surface area contributed by atoms with Gasteiger partial charge in [-0.05, 0) is 31.2 Å². The summed E-state index contributed by atoms with van der Waals surface area (Å²) in [5.74, 6) is 0.0395. The number of carbonyl (C=O) groups excluding carboxylic acids is 1. The van der Waals surface area contributed by atoms with E-state index in [0.717, 1.165) is 31.2 Å². The van der Waals surface area contributed by atoms with E-state index in [-0.39, 0.29) is 23.8 Å². The zero-order valence-electron chi connectivity index (χ0n) is 15.5. The quantitative estimate of drug-likeness (QED) is 0.713. The molecule has 0 spiro atoms. The van der Waals surface area contributed by atoms with Crippen molar-refractivity contribution < 1.29 is 18.8 Å². The van der Waals surface area contributed by atoms with Gasteiger partial charge in [0.1, 0.15) is 24.9 Å². The van der Waals surface area contributed by atoms with Gasteiger partial charge in [0, 0.05) is 10.5 Å². The monoisotopic (exact) mass is 389 g/mol. The highest BCUT2D eigenvalue weighted by Crippen LogP contribution is 2.18. The van der Waals surface area contributed by atoms with Gasteiger partial charge in [-0.2, -0.15) is 0 Å². The Balaban J connectivity index is 1.61. The highest BCUT2D eigenvalue weighted by Gasteiger charge is 2.32. The molecule has 1 heterocycles. The van der Waals surface area contributed by atoms with Crippen molar-refractivity contribution in [1.29, 1.82) is 0 Å². The lowest BCUT2D eigenvalue weighted by atomic mass is 9.98. The molecule has 144 valence electrons. The minimum Gasteiger partial charge on any atom is -0.370 e. The second-order valence-electron chi connectivity index (χ2n) is 6.76. The van der Waals surface area contributed by atoms with E-state index in [1.807, 2.05) is 18.2 Å². The summed E-state index contributed by atoms with van der Waals surface area (Å²) in [4.78, 5) is 14.8. The van der Waals surface area contributed by atoms with Crippen molar-refractivity contribution in [2.75, 3.05) is 32.1 Å². The van der Waals surface area contributed by atoms with E-state index in [9.17, 15) is 9.18 Å². The van der Waals surface area contributed by atoms with Crippen LogP contribution in [-0.2, 0) is 9.53 Å². The first-order valence-corrected chi connectivity index (χ1v) is 10.3. The van der Waals surface area contributed by atoms with Crippen LogP contribution in [0.4, 0.5) is 4.39 Å². The Hall–Kier alpha value is -1.89. The smallest absolute Gasteiger partial charge is 0.230 e. The molecular weight excluding hydrogens is 363 g/mol. The summed E-state index contributed by atoms with van der Waals surface area (Å²) in [7, 11) is 0. The number of hydrogen-bond acceptors (Lipinski definition) is 3. The molecule has 1 amide bonds. The maximum atomic E-state index is 13.0. The minimum atomic E-state index is -0.267. The molecule has 0 bridgehead atoms. The molecule has 27 heavy (non-hydrogen) atoms. The maximum Gasteiger partial charge on any atom is 0.230 e. The molecule has 2 aromatic carbocycles. The van der Waals surface area contributed by atoms with Crippen LogP contribution in [0.2, 0.25) is 0 Å². The van der Waals surface area contributed by atoms with Crippen molar-refractivity contribution in [3.8, 4) is 0 Å². The minimum absolute atomic E-state index is 0.00168. The summed E-state index contributed by atoms with van der Waals surface area (Å²) in [5, 5.41) is 3.16. The topological polar surface area (TPSA) is 42.8 Å². The lowest BCUT2D eigenvalue weighted by Crippen LogP contribution is -3.15. The zero-order valence-corrected chi connectivity index (χ0v) is 16.3. The van der Waals surface area contributed by atoms with Crippen molar-refractivity contribution in [3.63, 3.8) is 0 Å². The van der Waals surface area contributed by atoms with Crippen LogP contribution in [0.5, 0.6) is 0 Å². The number of rotatable bonds is 7. The molecule has 1 saturated heterocycles. The van der Waals surface area contributed by atoms with Gasteiger partial charge in [0.05, 0.1) is 25.0 Å². The third-order valence-electron chi connectivity index (χ3n) is 4.81. The summed E-state index contributed by atoms with van der Waals surface area (Å²) in [6.07, 6.45) is 0. The van der Waals surface area contributed by atoms with E-state index in [1.54, 1.807) is 12.1 Å². The molecule has 3 rings (SSSR count). The van der Waals surface area contributed by atoms with Crippen LogP contribution in [0, 0.1) is 5.82 Å². The summed E-state index contributed by atoms with van der Waals surface area (Å²) < 4.78 is 18.5. The number of benzene rings is 2. The van der Waals surface area contributed by atoms with Gasteiger partial charge in [-0.15, -0.1) is 11.8 Å². The highest BCUT2D eigenvalue weighted by atomic mass is 32.2. The molecule has 0 radical (unpaired) electrons. The van der Waals surface area contributed by atoms with Gasteiger partial charge in [-0.3, -0.25) is 4.79 Å². The second-order valence-corrected chi connectivity index (χ2v) is 7.81. The van der Waals surface area contributed by atoms with Crippen LogP contribution < -0.4 is 10.2 Å². The van der Waals surface area contributed by atoms with Gasteiger partial charge in [-0.25, -0.2) is 4.39 Å². The second kappa shape index (κ2) is 9.88. The Kier molecular flexibility index (Phi) is 7.26. The Morgan fingerprint density at radius 2 is 1.81 bits per heavy atom. The fraction of sp³-hybridized carbons (Fsp3) is 0.381. The lowest BCUT2D eigenvalue weighted by Gasteiger charge is -2.35. The highest BCUT2D eigenvalue weighted by molar-refractivity contribution is 8.00. The number of halogens is 1. The molecule has 1 fully saturated rings. The van der Waals surface area contributed by atoms with Gasteiger partial charge >= 0.3 is 0 Å². The standard InChI is InChI=1S/C21H25FN2O2S/c1-16(23-20(25)15-27-19-9-7-18(22)8-10-19)21(17-5-3-2-4-6-17)24-11-13-26-14-12-24/h2-10,16,21H,11-15H2,1H3,(H,23,25)/p+1/t16-,21-/m0/s1. The largest absolute Gasteiger partial charge is 0.370 e. The van der Waals surface area contributed by atoms with Gasteiger partial charge in [0.25, 0.3) is 0 Å². The Morgan fingerprint density at radius 1 is 1.15 bits per heavy atom. The van der Waals surface area contributed by atoms with Crippen LogP contribution in [0.15, 0.2) is 59.5 Å². The van der Waals surface area contributed by atoms with Crippen LogP contribution in [0.1, 0.15) is 18.5 Å². The fourth-order valence-electron chi connectivity index (χ4n) is 3.54. The van der Waals surface area contributed by atoms with Gasteiger partial charge in [-0.1, -0.05) is 30.3 Å². The number of thioether (sulfide) groups is 1. The third kappa shape index (κ3) is 5.79. The van der Waals surface area contributed by atoms with Crippen molar-refractivity contribution in [2.45, 2.75) is 23.9 Å². The van der Waals surface area contributed by atoms with Crippen LogP contribution in [0.3, 0.4) is 0 Å². The number of morpholine rings is 1.